The third-order valence-electron chi connectivity index (χ3n) is 1.67. The lowest BCUT2D eigenvalue weighted by atomic mass is 10.2. The molecule has 0 amide bonds. The number of rotatable bonds is 0. The smallest absolute Gasteiger partial charge is 0.125 e. The molecule has 0 aliphatic rings. The van der Waals surface area contributed by atoms with E-state index in [1.165, 1.54) is 0 Å². The normalized spacial score (nSPS) is 10.6. The Bertz CT molecular complexity index is 389. The molecule has 0 unspecified atom stereocenters. The molecule has 2 aromatic heterocycles. The second-order valence-electron chi connectivity index (χ2n) is 2.63. The van der Waals surface area contributed by atoms with Crippen LogP contribution < -0.4 is 5.73 Å². The third-order valence-corrected chi connectivity index (χ3v) is 1.67. The summed E-state index contributed by atoms with van der Waals surface area (Å²) in [4.78, 5) is 0. The van der Waals surface area contributed by atoms with Crippen LogP contribution >= 0.6 is 0 Å². The summed E-state index contributed by atoms with van der Waals surface area (Å²) in [6, 6.07) is 5.88. The van der Waals surface area contributed by atoms with Gasteiger partial charge in [0.05, 0.1) is 11.7 Å². The molecule has 11 heavy (non-hydrogen) atoms. The van der Waals surface area contributed by atoms with Crippen LogP contribution in [0.3, 0.4) is 0 Å². The lowest BCUT2D eigenvalue weighted by Crippen LogP contribution is -1.97. The fourth-order valence-electron chi connectivity index (χ4n) is 1.21. The monoisotopic (exact) mass is 147 g/mol. The van der Waals surface area contributed by atoms with Gasteiger partial charge in [0.1, 0.15) is 5.82 Å². The largest absolute Gasteiger partial charge is 0.384 e. The molecule has 2 heterocycles. The Labute approximate surface area is 64.4 Å². The van der Waals surface area contributed by atoms with E-state index in [1.807, 2.05) is 25.1 Å². The number of nitrogen functional groups attached to an aromatic ring is 1. The zero-order chi connectivity index (χ0) is 7.84. The highest BCUT2D eigenvalue weighted by Crippen LogP contribution is 2.10. The molecular formula is C8H9N3. The van der Waals surface area contributed by atoms with Crippen molar-refractivity contribution in [3.05, 3.63) is 30.0 Å². The number of hydrogen-bond donors (Lipinski definition) is 1. The minimum atomic E-state index is 0.685. The number of nitrogens with zero attached hydrogens (tertiary/aromatic N) is 2. The van der Waals surface area contributed by atoms with Gasteiger partial charge in [-0.1, -0.05) is 0 Å². The Morgan fingerprint density at radius 3 is 3.09 bits per heavy atom. The highest BCUT2D eigenvalue weighted by molar-refractivity contribution is 5.54. The summed E-state index contributed by atoms with van der Waals surface area (Å²) in [6.45, 7) is 2.02. The van der Waals surface area contributed by atoms with Crippen LogP contribution in [-0.4, -0.2) is 9.61 Å². The summed E-state index contributed by atoms with van der Waals surface area (Å²) in [7, 11) is 0. The lowest BCUT2D eigenvalue weighted by Gasteiger charge is -1.99. The molecule has 3 nitrogen and oxygen atoms in total. The second kappa shape index (κ2) is 1.99. The molecule has 3 heteroatoms. The Kier molecular flexibility index (Phi) is 1.12. The number of aryl methyl sites for hydroxylation is 1. The summed E-state index contributed by atoms with van der Waals surface area (Å²) in [5.41, 5.74) is 7.91. The molecule has 0 bridgehead atoms. The standard InChI is InChI=1S/C8H9N3/c1-6-4-7-2-3-10-11(7)8(9)5-6/h2-5H,9H2,1H3. The molecule has 0 aliphatic heterocycles. The molecule has 0 spiro atoms. The molecule has 0 aliphatic carbocycles. The number of nitrogens with two attached hydrogens (primary N) is 1. The number of hydrogen-bond acceptors (Lipinski definition) is 2. The predicted molar refractivity (Wildman–Crippen MR) is 44.3 cm³/mol. The van der Waals surface area contributed by atoms with E-state index < -0.39 is 0 Å². The van der Waals surface area contributed by atoms with Gasteiger partial charge in [-0.15, -0.1) is 0 Å². The molecule has 0 fully saturated rings. The van der Waals surface area contributed by atoms with Crippen molar-refractivity contribution in [2.75, 3.05) is 5.73 Å². The topological polar surface area (TPSA) is 43.3 Å². The Hall–Kier alpha value is -1.51. The molecule has 2 aromatic rings. The lowest BCUT2D eigenvalue weighted by molar-refractivity contribution is 0.971. The fourth-order valence-corrected chi connectivity index (χ4v) is 1.21. The maximum atomic E-state index is 5.70. The van der Waals surface area contributed by atoms with Gasteiger partial charge in [-0.05, 0) is 30.7 Å². The number of anilines is 1. The molecule has 2 N–H and O–H groups in total. The average molecular weight is 147 g/mol. The van der Waals surface area contributed by atoms with Gasteiger partial charge in [0.15, 0.2) is 0 Å². The first-order valence-electron chi connectivity index (χ1n) is 3.47. The Balaban J connectivity index is 2.91. The van der Waals surface area contributed by atoms with E-state index in [4.69, 9.17) is 5.73 Å². The first-order valence-corrected chi connectivity index (χ1v) is 3.47. The van der Waals surface area contributed by atoms with Gasteiger partial charge in [0, 0.05) is 0 Å². The van der Waals surface area contributed by atoms with Crippen LogP contribution in [0.1, 0.15) is 5.56 Å². The number of aromatic nitrogens is 2. The van der Waals surface area contributed by atoms with E-state index in [0.29, 0.717) is 5.82 Å². The maximum Gasteiger partial charge on any atom is 0.125 e. The first kappa shape index (κ1) is 6.22. The van der Waals surface area contributed by atoms with Gasteiger partial charge in [-0.25, -0.2) is 4.52 Å². The van der Waals surface area contributed by atoms with Crippen LogP contribution in [0.15, 0.2) is 24.4 Å². The highest BCUT2D eigenvalue weighted by Gasteiger charge is 1.96. The molecule has 0 saturated heterocycles. The van der Waals surface area contributed by atoms with Gasteiger partial charge >= 0.3 is 0 Å². The van der Waals surface area contributed by atoms with E-state index in [2.05, 4.69) is 5.10 Å². The molecule has 0 saturated carbocycles. The quantitative estimate of drug-likeness (QED) is 0.609. The number of fused-ring (bicyclic) bond motifs is 1. The van der Waals surface area contributed by atoms with Gasteiger partial charge in [0.25, 0.3) is 0 Å². The van der Waals surface area contributed by atoms with Crippen LogP contribution in [0.25, 0.3) is 5.52 Å². The highest BCUT2D eigenvalue weighted by atomic mass is 15.2. The van der Waals surface area contributed by atoms with Crippen LogP contribution in [0.2, 0.25) is 0 Å². The SMILES string of the molecule is Cc1cc(N)n2nccc2c1. The van der Waals surface area contributed by atoms with Gasteiger partial charge in [-0.3, -0.25) is 0 Å². The predicted octanol–water partition coefficient (Wildman–Crippen LogP) is 1.22. The molecular weight excluding hydrogens is 138 g/mol. The third kappa shape index (κ3) is 0.852. The van der Waals surface area contributed by atoms with E-state index in [9.17, 15) is 0 Å². The second-order valence-corrected chi connectivity index (χ2v) is 2.63. The van der Waals surface area contributed by atoms with E-state index in [0.717, 1.165) is 11.1 Å². The van der Waals surface area contributed by atoms with Crippen LogP contribution in [0, 0.1) is 6.92 Å². The molecule has 0 aromatic carbocycles. The van der Waals surface area contributed by atoms with Crippen molar-refractivity contribution in [3.63, 3.8) is 0 Å². The Morgan fingerprint density at radius 1 is 1.45 bits per heavy atom. The zero-order valence-corrected chi connectivity index (χ0v) is 6.28. The van der Waals surface area contributed by atoms with E-state index >= 15 is 0 Å². The molecule has 56 valence electrons. The molecule has 0 atom stereocenters. The van der Waals surface area contributed by atoms with Crippen molar-refractivity contribution in [2.45, 2.75) is 6.92 Å². The molecule has 2 rings (SSSR count). The first-order chi connectivity index (χ1) is 5.27. The van der Waals surface area contributed by atoms with Crippen molar-refractivity contribution in [3.8, 4) is 0 Å². The van der Waals surface area contributed by atoms with Crippen molar-refractivity contribution in [1.29, 1.82) is 0 Å². The summed E-state index contributed by atoms with van der Waals surface area (Å²) < 4.78 is 1.72. The van der Waals surface area contributed by atoms with Crippen LogP contribution in [-0.2, 0) is 0 Å². The average Bonchev–Trinajstić information content (AvgIpc) is 2.34. The number of pyridine rings is 1. The van der Waals surface area contributed by atoms with Gasteiger partial charge in [0.2, 0.25) is 0 Å². The Morgan fingerprint density at radius 2 is 2.27 bits per heavy atom. The zero-order valence-electron chi connectivity index (χ0n) is 6.28. The van der Waals surface area contributed by atoms with Crippen molar-refractivity contribution in [2.24, 2.45) is 0 Å². The van der Waals surface area contributed by atoms with Gasteiger partial charge in [-0.2, -0.15) is 5.10 Å². The van der Waals surface area contributed by atoms with Crippen molar-refractivity contribution >= 4 is 11.3 Å². The van der Waals surface area contributed by atoms with Crippen molar-refractivity contribution in [1.82, 2.24) is 9.61 Å². The van der Waals surface area contributed by atoms with E-state index in [-0.39, 0.29) is 0 Å². The summed E-state index contributed by atoms with van der Waals surface area (Å²) >= 11 is 0. The fraction of sp³-hybridized carbons (Fsp3) is 0.125. The van der Waals surface area contributed by atoms with Crippen LogP contribution in [0.4, 0.5) is 5.82 Å². The molecule has 0 radical (unpaired) electrons. The minimum absolute atomic E-state index is 0.685. The minimum Gasteiger partial charge on any atom is -0.384 e. The summed E-state index contributed by atoms with van der Waals surface area (Å²) in [5.74, 6) is 0.685. The van der Waals surface area contributed by atoms with Gasteiger partial charge < -0.3 is 5.73 Å². The van der Waals surface area contributed by atoms with Crippen molar-refractivity contribution < 1.29 is 0 Å². The maximum absolute atomic E-state index is 5.70. The summed E-state index contributed by atoms with van der Waals surface area (Å²) in [5, 5.41) is 4.05. The summed E-state index contributed by atoms with van der Waals surface area (Å²) in [6.07, 6.45) is 1.74. The van der Waals surface area contributed by atoms with E-state index in [1.54, 1.807) is 10.7 Å². The van der Waals surface area contributed by atoms with Crippen LogP contribution in [0.5, 0.6) is 0 Å².